The molecule has 2 unspecified atom stereocenters. The van der Waals surface area contributed by atoms with E-state index in [1.54, 1.807) is 11.8 Å². The van der Waals surface area contributed by atoms with Gasteiger partial charge in [0.2, 0.25) is 5.91 Å². The number of benzene rings is 2. The molecular weight excluding hydrogens is 444 g/mol. The number of carboxylic acid groups (broad SMARTS) is 1. The SMILES string of the molecule is CCN(CC(C)C(=O)O)C(=O)CC(CNC(=O)OCC1c2ccccc2-c2ccccc21)C(C)C. The van der Waals surface area contributed by atoms with Crippen molar-refractivity contribution in [3.63, 3.8) is 0 Å². The molecule has 3 rings (SSSR count). The maximum atomic E-state index is 12.8. The van der Waals surface area contributed by atoms with Crippen molar-refractivity contribution in [1.29, 1.82) is 0 Å². The summed E-state index contributed by atoms with van der Waals surface area (Å²) in [6.07, 6.45) is -0.265. The number of carbonyl (C=O) groups excluding carboxylic acids is 2. The van der Waals surface area contributed by atoms with Crippen LogP contribution in [0.1, 0.15) is 51.2 Å². The molecule has 1 aliphatic rings. The molecule has 0 bridgehead atoms. The molecule has 2 N–H and O–H groups in total. The highest BCUT2D eigenvalue weighted by Gasteiger charge is 2.29. The van der Waals surface area contributed by atoms with Gasteiger partial charge in [0.25, 0.3) is 0 Å². The Balaban J connectivity index is 1.55. The van der Waals surface area contributed by atoms with E-state index in [0.717, 1.165) is 11.1 Å². The van der Waals surface area contributed by atoms with Crippen LogP contribution in [-0.2, 0) is 14.3 Å². The van der Waals surface area contributed by atoms with Gasteiger partial charge < -0.3 is 20.1 Å². The van der Waals surface area contributed by atoms with E-state index in [9.17, 15) is 14.4 Å². The first-order chi connectivity index (χ1) is 16.7. The second kappa shape index (κ2) is 11.9. The highest BCUT2D eigenvalue weighted by atomic mass is 16.5. The third-order valence-corrected chi connectivity index (χ3v) is 6.88. The van der Waals surface area contributed by atoms with Crippen LogP contribution in [0.3, 0.4) is 0 Å². The number of aliphatic carboxylic acids is 1. The molecule has 2 aromatic carbocycles. The van der Waals surface area contributed by atoms with Crippen LogP contribution in [0.5, 0.6) is 0 Å². The average molecular weight is 481 g/mol. The van der Waals surface area contributed by atoms with Crippen LogP contribution < -0.4 is 5.32 Å². The van der Waals surface area contributed by atoms with E-state index in [0.29, 0.717) is 13.1 Å². The minimum absolute atomic E-state index is 0.00930. The number of nitrogens with zero attached hydrogens (tertiary/aromatic N) is 1. The van der Waals surface area contributed by atoms with Gasteiger partial charge in [-0.25, -0.2) is 4.79 Å². The molecule has 0 aliphatic heterocycles. The molecule has 0 fully saturated rings. The quantitative estimate of drug-likeness (QED) is 0.484. The van der Waals surface area contributed by atoms with Crippen molar-refractivity contribution in [2.75, 3.05) is 26.2 Å². The summed E-state index contributed by atoms with van der Waals surface area (Å²) in [5.74, 6) is -1.59. The molecule has 0 radical (unpaired) electrons. The van der Waals surface area contributed by atoms with Gasteiger partial charge >= 0.3 is 12.1 Å². The number of alkyl carbamates (subject to hydrolysis) is 1. The maximum absolute atomic E-state index is 12.8. The second-order valence-electron chi connectivity index (χ2n) is 9.59. The van der Waals surface area contributed by atoms with Gasteiger partial charge in [-0.05, 0) is 41.0 Å². The molecule has 35 heavy (non-hydrogen) atoms. The molecule has 0 saturated carbocycles. The molecule has 2 aromatic rings. The first kappa shape index (κ1) is 26.3. The van der Waals surface area contributed by atoms with Gasteiger partial charge in [-0.2, -0.15) is 0 Å². The lowest BCUT2D eigenvalue weighted by Crippen LogP contribution is -2.40. The van der Waals surface area contributed by atoms with Gasteiger partial charge in [-0.3, -0.25) is 9.59 Å². The summed E-state index contributed by atoms with van der Waals surface area (Å²) in [5.41, 5.74) is 4.66. The number of carboxylic acids is 1. The maximum Gasteiger partial charge on any atom is 0.407 e. The van der Waals surface area contributed by atoms with Gasteiger partial charge in [0.15, 0.2) is 0 Å². The number of hydrogen-bond acceptors (Lipinski definition) is 4. The Morgan fingerprint density at radius 3 is 2.09 bits per heavy atom. The lowest BCUT2D eigenvalue weighted by Gasteiger charge is -2.27. The van der Waals surface area contributed by atoms with E-state index in [2.05, 4.69) is 29.6 Å². The number of nitrogens with one attached hydrogen (secondary N) is 1. The number of hydrogen-bond donors (Lipinski definition) is 2. The van der Waals surface area contributed by atoms with Crippen molar-refractivity contribution in [2.24, 2.45) is 17.8 Å². The smallest absolute Gasteiger partial charge is 0.407 e. The number of fused-ring (bicyclic) bond motifs is 3. The monoisotopic (exact) mass is 480 g/mol. The Kier molecular flexibility index (Phi) is 8.90. The van der Waals surface area contributed by atoms with Crippen molar-refractivity contribution < 1.29 is 24.2 Å². The zero-order valence-corrected chi connectivity index (χ0v) is 21.0. The summed E-state index contributed by atoms with van der Waals surface area (Å²) in [6.45, 7) is 8.62. The molecule has 2 atom stereocenters. The summed E-state index contributed by atoms with van der Waals surface area (Å²) in [5, 5.41) is 12.0. The predicted octanol–water partition coefficient (Wildman–Crippen LogP) is 4.76. The van der Waals surface area contributed by atoms with Crippen molar-refractivity contribution in [3.8, 4) is 11.1 Å². The number of ether oxygens (including phenoxy) is 1. The number of amides is 2. The number of carbonyl (C=O) groups is 3. The molecule has 0 spiro atoms. The van der Waals surface area contributed by atoms with E-state index >= 15 is 0 Å². The fourth-order valence-electron chi connectivity index (χ4n) is 4.58. The van der Waals surface area contributed by atoms with Gasteiger partial charge in [0.1, 0.15) is 6.61 Å². The summed E-state index contributed by atoms with van der Waals surface area (Å²) < 4.78 is 5.61. The van der Waals surface area contributed by atoms with Crippen LogP contribution in [0.2, 0.25) is 0 Å². The van der Waals surface area contributed by atoms with Crippen LogP contribution >= 0.6 is 0 Å². The first-order valence-corrected chi connectivity index (χ1v) is 12.3. The van der Waals surface area contributed by atoms with Crippen molar-refractivity contribution in [3.05, 3.63) is 59.7 Å². The largest absolute Gasteiger partial charge is 0.481 e. The Bertz CT molecular complexity index is 1010. The third-order valence-electron chi connectivity index (χ3n) is 6.88. The van der Waals surface area contributed by atoms with E-state index in [-0.39, 0.29) is 43.2 Å². The normalized spacial score (nSPS) is 14.1. The van der Waals surface area contributed by atoms with Crippen LogP contribution in [0, 0.1) is 17.8 Å². The lowest BCUT2D eigenvalue weighted by atomic mass is 9.91. The molecule has 7 heteroatoms. The van der Waals surface area contributed by atoms with Crippen LogP contribution in [0.15, 0.2) is 48.5 Å². The molecule has 1 aliphatic carbocycles. The van der Waals surface area contributed by atoms with Crippen molar-refractivity contribution in [1.82, 2.24) is 10.2 Å². The number of rotatable bonds is 11. The topological polar surface area (TPSA) is 95.9 Å². The standard InChI is InChI=1S/C28H36N2O5/c1-5-30(16-19(4)27(32)33)26(31)14-20(18(2)3)15-29-28(34)35-17-25-23-12-8-6-10-21(23)22-11-7-9-13-24(22)25/h6-13,18-20,25H,5,14-17H2,1-4H3,(H,29,34)(H,32,33). The fraction of sp³-hybridized carbons (Fsp3) is 0.464. The highest BCUT2D eigenvalue weighted by Crippen LogP contribution is 2.44. The summed E-state index contributed by atoms with van der Waals surface area (Å²) in [6, 6.07) is 16.4. The predicted molar refractivity (Wildman–Crippen MR) is 135 cm³/mol. The molecule has 0 heterocycles. The molecule has 188 valence electrons. The van der Waals surface area contributed by atoms with E-state index in [1.807, 2.05) is 45.0 Å². The highest BCUT2D eigenvalue weighted by molar-refractivity contribution is 5.79. The summed E-state index contributed by atoms with van der Waals surface area (Å²) in [7, 11) is 0. The Hall–Kier alpha value is -3.35. The zero-order chi connectivity index (χ0) is 25.5. The second-order valence-corrected chi connectivity index (χ2v) is 9.59. The fourth-order valence-corrected chi connectivity index (χ4v) is 4.58. The minimum atomic E-state index is -0.923. The van der Waals surface area contributed by atoms with E-state index in [1.165, 1.54) is 11.1 Å². The van der Waals surface area contributed by atoms with Crippen LogP contribution in [0.25, 0.3) is 11.1 Å². The Labute approximate surface area is 207 Å². The lowest BCUT2D eigenvalue weighted by molar-refractivity contribution is -0.143. The zero-order valence-electron chi connectivity index (χ0n) is 21.0. The molecular formula is C28H36N2O5. The van der Waals surface area contributed by atoms with Crippen molar-refractivity contribution >= 4 is 18.0 Å². The summed E-state index contributed by atoms with van der Waals surface area (Å²) >= 11 is 0. The van der Waals surface area contributed by atoms with Gasteiger partial charge in [-0.15, -0.1) is 0 Å². The van der Waals surface area contributed by atoms with Crippen molar-refractivity contribution in [2.45, 2.75) is 40.0 Å². The first-order valence-electron chi connectivity index (χ1n) is 12.3. The van der Waals surface area contributed by atoms with Crippen LogP contribution in [0.4, 0.5) is 4.79 Å². The van der Waals surface area contributed by atoms with E-state index < -0.39 is 18.0 Å². The van der Waals surface area contributed by atoms with Gasteiger partial charge in [0, 0.05) is 32.0 Å². The molecule has 7 nitrogen and oxygen atoms in total. The van der Waals surface area contributed by atoms with Crippen LogP contribution in [-0.4, -0.2) is 54.2 Å². The Morgan fingerprint density at radius 1 is 1.00 bits per heavy atom. The minimum Gasteiger partial charge on any atom is -0.481 e. The Morgan fingerprint density at radius 2 is 1.57 bits per heavy atom. The molecule has 2 amide bonds. The third kappa shape index (κ3) is 6.41. The average Bonchev–Trinajstić information content (AvgIpc) is 3.16. The molecule has 0 saturated heterocycles. The van der Waals surface area contributed by atoms with Gasteiger partial charge in [0.05, 0.1) is 5.92 Å². The van der Waals surface area contributed by atoms with Gasteiger partial charge in [-0.1, -0.05) is 69.3 Å². The summed E-state index contributed by atoms with van der Waals surface area (Å²) in [4.78, 5) is 38.1. The molecule has 0 aromatic heterocycles. The van der Waals surface area contributed by atoms with E-state index in [4.69, 9.17) is 9.84 Å².